The van der Waals surface area contributed by atoms with Crippen LogP contribution in [0.25, 0.3) is 0 Å². The van der Waals surface area contributed by atoms with E-state index in [2.05, 4.69) is 0 Å². The molecule has 0 aromatic heterocycles. The van der Waals surface area contributed by atoms with E-state index in [-0.39, 0.29) is 5.56 Å². The van der Waals surface area contributed by atoms with E-state index < -0.39 is 17.5 Å². The molecule has 2 aromatic rings. The average Bonchev–Trinajstić information content (AvgIpc) is 2.48. The van der Waals surface area contributed by atoms with Crippen LogP contribution in [0.15, 0.2) is 42.5 Å². The zero-order valence-electron chi connectivity index (χ0n) is 11.1. The SMILES string of the molecule is COc1ccc(Cl)cc1C(C#N)C(=O)c1ccccc1F. The van der Waals surface area contributed by atoms with E-state index >= 15 is 0 Å². The molecule has 5 heteroatoms. The fraction of sp³-hybridized carbons (Fsp3) is 0.125. The van der Waals surface area contributed by atoms with Crippen molar-refractivity contribution >= 4 is 17.4 Å². The van der Waals surface area contributed by atoms with E-state index in [1.165, 1.54) is 31.4 Å². The van der Waals surface area contributed by atoms with Crippen LogP contribution in [0.5, 0.6) is 5.75 Å². The average molecular weight is 304 g/mol. The number of halogens is 2. The van der Waals surface area contributed by atoms with Gasteiger partial charge in [0.15, 0.2) is 5.78 Å². The van der Waals surface area contributed by atoms with Crippen LogP contribution in [-0.4, -0.2) is 12.9 Å². The van der Waals surface area contributed by atoms with Crippen LogP contribution in [0.3, 0.4) is 0 Å². The molecule has 2 rings (SSSR count). The second-order valence-corrected chi connectivity index (χ2v) is 4.73. The normalized spacial score (nSPS) is 11.5. The molecule has 0 saturated heterocycles. The van der Waals surface area contributed by atoms with Crippen molar-refractivity contribution in [3.8, 4) is 11.8 Å². The van der Waals surface area contributed by atoms with Crippen molar-refractivity contribution in [3.05, 3.63) is 64.4 Å². The van der Waals surface area contributed by atoms with Gasteiger partial charge in [-0.2, -0.15) is 5.26 Å². The Morgan fingerprint density at radius 3 is 2.67 bits per heavy atom. The number of carbonyl (C=O) groups is 1. The fourth-order valence-corrected chi connectivity index (χ4v) is 2.20. The van der Waals surface area contributed by atoms with Gasteiger partial charge in [-0.25, -0.2) is 4.39 Å². The smallest absolute Gasteiger partial charge is 0.187 e. The molecule has 1 atom stereocenters. The molecule has 0 heterocycles. The number of methoxy groups -OCH3 is 1. The van der Waals surface area contributed by atoms with E-state index in [0.717, 1.165) is 0 Å². The number of Topliss-reactive ketones (excluding diaryl/α,β-unsaturated/α-hetero) is 1. The van der Waals surface area contributed by atoms with Crippen LogP contribution >= 0.6 is 11.6 Å². The lowest BCUT2D eigenvalue weighted by molar-refractivity contribution is 0.0974. The van der Waals surface area contributed by atoms with Crippen LogP contribution in [-0.2, 0) is 0 Å². The first-order valence-electron chi connectivity index (χ1n) is 6.10. The molecule has 0 saturated carbocycles. The van der Waals surface area contributed by atoms with Gasteiger partial charge in [0.25, 0.3) is 0 Å². The number of benzene rings is 2. The summed E-state index contributed by atoms with van der Waals surface area (Å²) in [5.74, 6) is -2.12. The van der Waals surface area contributed by atoms with Crippen molar-refractivity contribution in [1.29, 1.82) is 5.26 Å². The summed E-state index contributed by atoms with van der Waals surface area (Å²) in [4.78, 5) is 12.4. The maximum absolute atomic E-state index is 13.7. The highest BCUT2D eigenvalue weighted by atomic mass is 35.5. The van der Waals surface area contributed by atoms with Crippen molar-refractivity contribution in [2.45, 2.75) is 5.92 Å². The van der Waals surface area contributed by atoms with E-state index in [1.807, 2.05) is 6.07 Å². The molecule has 1 unspecified atom stereocenters. The Kier molecular flexibility index (Phi) is 4.56. The number of nitriles is 1. The van der Waals surface area contributed by atoms with Crippen molar-refractivity contribution in [3.63, 3.8) is 0 Å². The Labute approximate surface area is 126 Å². The van der Waals surface area contributed by atoms with Gasteiger partial charge in [-0.1, -0.05) is 23.7 Å². The molecule has 21 heavy (non-hydrogen) atoms. The summed E-state index contributed by atoms with van der Waals surface area (Å²) in [6, 6.07) is 12.1. The zero-order valence-corrected chi connectivity index (χ0v) is 11.9. The van der Waals surface area contributed by atoms with Gasteiger partial charge >= 0.3 is 0 Å². The summed E-state index contributed by atoms with van der Waals surface area (Å²) in [6.45, 7) is 0. The zero-order chi connectivity index (χ0) is 15.4. The molecule has 0 N–H and O–H groups in total. The monoisotopic (exact) mass is 303 g/mol. The number of nitrogens with zero attached hydrogens (tertiary/aromatic N) is 1. The number of rotatable bonds is 4. The number of ketones is 1. The minimum Gasteiger partial charge on any atom is -0.496 e. The van der Waals surface area contributed by atoms with Gasteiger partial charge < -0.3 is 4.74 Å². The number of hydrogen-bond acceptors (Lipinski definition) is 3. The Hall–Kier alpha value is -2.38. The summed E-state index contributed by atoms with van der Waals surface area (Å²) >= 11 is 5.91. The largest absolute Gasteiger partial charge is 0.496 e. The number of ether oxygens (including phenoxy) is 1. The molecule has 0 amide bonds. The van der Waals surface area contributed by atoms with Crippen molar-refractivity contribution in [2.75, 3.05) is 7.11 Å². The third-order valence-electron chi connectivity index (χ3n) is 3.03. The molecule has 0 radical (unpaired) electrons. The fourth-order valence-electron chi connectivity index (χ4n) is 2.02. The molecule has 2 aromatic carbocycles. The van der Waals surface area contributed by atoms with Crippen LogP contribution in [0.2, 0.25) is 5.02 Å². The maximum atomic E-state index is 13.7. The Bertz CT molecular complexity index is 724. The van der Waals surface area contributed by atoms with Crippen LogP contribution in [0.4, 0.5) is 4.39 Å². The topological polar surface area (TPSA) is 50.1 Å². The maximum Gasteiger partial charge on any atom is 0.187 e. The molecule has 0 aliphatic heterocycles. The second kappa shape index (κ2) is 6.38. The lowest BCUT2D eigenvalue weighted by Gasteiger charge is -2.13. The summed E-state index contributed by atoms with van der Waals surface area (Å²) < 4.78 is 18.9. The molecule has 0 spiro atoms. The molecular weight excluding hydrogens is 293 g/mol. The Morgan fingerprint density at radius 1 is 1.33 bits per heavy atom. The van der Waals surface area contributed by atoms with Crippen molar-refractivity contribution < 1.29 is 13.9 Å². The van der Waals surface area contributed by atoms with Gasteiger partial charge in [0.1, 0.15) is 17.5 Å². The Morgan fingerprint density at radius 2 is 2.05 bits per heavy atom. The summed E-state index contributed by atoms with van der Waals surface area (Å²) in [7, 11) is 1.43. The molecule has 0 aliphatic rings. The molecule has 0 fully saturated rings. The van der Waals surface area contributed by atoms with Gasteiger partial charge in [-0.05, 0) is 30.3 Å². The Balaban J connectivity index is 2.51. The third-order valence-corrected chi connectivity index (χ3v) is 3.27. The van der Waals surface area contributed by atoms with Gasteiger partial charge in [0.05, 0.1) is 18.7 Å². The van der Waals surface area contributed by atoms with E-state index in [4.69, 9.17) is 16.3 Å². The minimum atomic E-state index is -1.18. The van der Waals surface area contributed by atoms with E-state index in [9.17, 15) is 14.4 Å². The van der Waals surface area contributed by atoms with Gasteiger partial charge in [0.2, 0.25) is 0 Å². The highest BCUT2D eigenvalue weighted by Crippen LogP contribution is 2.32. The molecule has 3 nitrogen and oxygen atoms in total. The van der Waals surface area contributed by atoms with Crippen molar-refractivity contribution in [2.24, 2.45) is 0 Å². The van der Waals surface area contributed by atoms with E-state index in [1.54, 1.807) is 18.2 Å². The van der Waals surface area contributed by atoms with Crippen molar-refractivity contribution in [1.82, 2.24) is 0 Å². The van der Waals surface area contributed by atoms with Crippen LogP contribution in [0.1, 0.15) is 21.8 Å². The molecule has 0 bridgehead atoms. The van der Waals surface area contributed by atoms with E-state index in [0.29, 0.717) is 16.3 Å². The minimum absolute atomic E-state index is 0.133. The van der Waals surface area contributed by atoms with Gasteiger partial charge in [-0.3, -0.25) is 4.79 Å². The highest BCUT2D eigenvalue weighted by Gasteiger charge is 2.27. The first-order chi connectivity index (χ1) is 10.1. The first kappa shape index (κ1) is 15.0. The first-order valence-corrected chi connectivity index (χ1v) is 6.48. The molecule has 0 aliphatic carbocycles. The third kappa shape index (κ3) is 3.04. The van der Waals surface area contributed by atoms with Crippen LogP contribution in [0, 0.1) is 17.1 Å². The quantitative estimate of drug-likeness (QED) is 0.803. The summed E-state index contributed by atoms with van der Waals surface area (Å²) in [5, 5.41) is 9.69. The molecule has 106 valence electrons. The standard InChI is InChI=1S/C16H11ClFNO2/c1-21-15-7-6-10(17)8-12(15)13(9-19)16(20)11-4-2-3-5-14(11)18/h2-8,13H,1H3. The second-order valence-electron chi connectivity index (χ2n) is 4.29. The molecular formula is C16H11ClFNO2. The summed E-state index contributed by atoms with van der Waals surface area (Å²) in [6.07, 6.45) is 0. The summed E-state index contributed by atoms with van der Waals surface area (Å²) in [5.41, 5.74) is 0.187. The lowest BCUT2D eigenvalue weighted by atomic mass is 9.91. The highest BCUT2D eigenvalue weighted by molar-refractivity contribution is 6.30. The van der Waals surface area contributed by atoms with Crippen LogP contribution < -0.4 is 4.74 Å². The number of hydrogen-bond donors (Lipinski definition) is 0. The predicted molar refractivity (Wildman–Crippen MR) is 77.1 cm³/mol. The van der Waals surface area contributed by atoms with Gasteiger partial charge in [-0.15, -0.1) is 0 Å². The number of carbonyl (C=O) groups excluding carboxylic acids is 1. The van der Waals surface area contributed by atoms with Gasteiger partial charge in [0, 0.05) is 10.6 Å². The lowest BCUT2D eigenvalue weighted by Crippen LogP contribution is -2.14. The predicted octanol–water partition coefficient (Wildman–Crippen LogP) is 3.98.